The van der Waals surface area contributed by atoms with Gasteiger partial charge in [-0.2, -0.15) is 0 Å². The lowest BCUT2D eigenvalue weighted by molar-refractivity contribution is 0.163. The van der Waals surface area contributed by atoms with Crippen molar-refractivity contribution in [3.05, 3.63) is 0 Å². The quantitative estimate of drug-likeness (QED) is 0.705. The average molecular weight is 225 g/mol. The van der Waals surface area contributed by atoms with E-state index in [0.29, 0.717) is 6.04 Å². The van der Waals surface area contributed by atoms with Crippen molar-refractivity contribution in [2.75, 3.05) is 0 Å². The first kappa shape index (κ1) is 14.0. The Balaban J connectivity index is 0.000000606. The van der Waals surface area contributed by atoms with Gasteiger partial charge in [0, 0.05) is 6.04 Å². The van der Waals surface area contributed by atoms with Crippen molar-refractivity contribution in [1.29, 1.82) is 0 Å². The Kier molecular flexibility index (Phi) is 6.41. The highest BCUT2D eigenvalue weighted by atomic mass is 14.6. The van der Waals surface area contributed by atoms with E-state index < -0.39 is 0 Å². The van der Waals surface area contributed by atoms with Crippen LogP contribution in [0.2, 0.25) is 0 Å². The van der Waals surface area contributed by atoms with Gasteiger partial charge in [-0.05, 0) is 43.4 Å². The van der Waals surface area contributed by atoms with Crippen molar-refractivity contribution in [2.45, 2.75) is 78.2 Å². The van der Waals surface area contributed by atoms with Crippen LogP contribution in [-0.4, -0.2) is 6.04 Å². The maximum absolute atomic E-state index is 6.06. The summed E-state index contributed by atoms with van der Waals surface area (Å²) in [6, 6.07) is 0.521. The number of hydrogen-bond donors (Lipinski definition) is 1. The third kappa shape index (κ3) is 4.08. The van der Waals surface area contributed by atoms with E-state index in [1.807, 2.05) is 13.8 Å². The van der Waals surface area contributed by atoms with Crippen LogP contribution in [0.3, 0.4) is 0 Å². The van der Waals surface area contributed by atoms with Crippen LogP contribution in [0.1, 0.15) is 72.1 Å². The molecular formula is C15H31N. The maximum atomic E-state index is 6.06. The summed E-state index contributed by atoms with van der Waals surface area (Å²) in [6.45, 7) is 6.41. The van der Waals surface area contributed by atoms with Gasteiger partial charge in [0.05, 0.1) is 0 Å². The van der Waals surface area contributed by atoms with Crippen LogP contribution in [0.25, 0.3) is 0 Å². The minimum atomic E-state index is 0.521. The van der Waals surface area contributed by atoms with Gasteiger partial charge in [0.25, 0.3) is 0 Å². The predicted octanol–water partition coefficient (Wildman–Crippen LogP) is 4.36. The fourth-order valence-corrected chi connectivity index (χ4v) is 3.45. The van der Waals surface area contributed by atoms with E-state index in [-0.39, 0.29) is 0 Å². The fourth-order valence-electron chi connectivity index (χ4n) is 3.45. The number of hydrogen-bond acceptors (Lipinski definition) is 1. The van der Waals surface area contributed by atoms with Crippen molar-refractivity contribution in [3.8, 4) is 0 Å². The first-order chi connectivity index (χ1) is 7.75. The van der Waals surface area contributed by atoms with Gasteiger partial charge in [-0.25, -0.2) is 0 Å². The van der Waals surface area contributed by atoms with E-state index in [9.17, 15) is 0 Å². The van der Waals surface area contributed by atoms with Crippen molar-refractivity contribution >= 4 is 0 Å². The molecule has 2 unspecified atom stereocenters. The second-order valence-electron chi connectivity index (χ2n) is 5.71. The molecule has 2 aliphatic rings. The van der Waals surface area contributed by atoms with Crippen LogP contribution in [0.5, 0.6) is 0 Å². The molecule has 1 nitrogen and oxygen atoms in total. The predicted molar refractivity (Wildman–Crippen MR) is 72.4 cm³/mol. The standard InChI is InChI=1S/C13H25N.C2H6/c1-10-5-7-11(8-6-10)12-3-2-4-13(14)9-12;1-2/h10-13H,2-9,14H2,1H3;1-2H3. The van der Waals surface area contributed by atoms with Gasteiger partial charge in [0.1, 0.15) is 0 Å². The maximum Gasteiger partial charge on any atom is 0.00415 e. The second kappa shape index (κ2) is 7.32. The highest BCUT2D eigenvalue weighted by molar-refractivity contribution is 4.82. The van der Waals surface area contributed by atoms with Gasteiger partial charge < -0.3 is 5.73 Å². The molecule has 0 aromatic heterocycles. The zero-order valence-corrected chi connectivity index (χ0v) is 11.5. The van der Waals surface area contributed by atoms with Crippen LogP contribution in [0.4, 0.5) is 0 Å². The number of rotatable bonds is 1. The van der Waals surface area contributed by atoms with Crippen LogP contribution < -0.4 is 5.73 Å². The Morgan fingerprint density at radius 3 is 2.00 bits per heavy atom. The lowest BCUT2D eigenvalue weighted by Gasteiger charge is -2.36. The molecular weight excluding hydrogens is 194 g/mol. The largest absolute Gasteiger partial charge is 0.328 e. The number of nitrogens with two attached hydrogens (primary N) is 1. The van der Waals surface area contributed by atoms with Crippen LogP contribution in [-0.2, 0) is 0 Å². The normalized spacial score (nSPS) is 39.8. The molecule has 0 aromatic carbocycles. The Morgan fingerprint density at radius 2 is 1.44 bits per heavy atom. The van der Waals surface area contributed by atoms with Gasteiger partial charge in [0.2, 0.25) is 0 Å². The lowest BCUT2D eigenvalue weighted by atomic mass is 9.70. The Morgan fingerprint density at radius 1 is 0.812 bits per heavy atom. The molecule has 0 aromatic rings. The van der Waals surface area contributed by atoms with E-state index >= 15 is 0 Å². The molecule has 96 valence electrons. The molecule has 1 heteroatoms. The van der Waals surface area contributed by atoms with Crippen LogP contribution >= 0.6 is 0 Å². The summed E-state index contributed by atoms with van der Waals surface area (Å²) in [4.78, 5) is 0. The molecule has 2 saturated carbocycles. The van der Waals surface area contributed by atoms with Gasteiger partial charge in [-0.3, -0.25) is 0 Å². The van der Waals surface area contributed by atoms with E-state index in [1.54, 1.807) is 0 Å². The first-order valence-corrected chi connectivity index (χ1v) is 7.51. The highest BCUT2D eigenvalue weighted by Crippen LogP contribution is 2.39. The molecule has 16 heavy (non-hydrogen) atoms. The monoisotopic (exact) mass is 225 g/mol. The molecule has 0 radical (unpaired) electrons. The SMILES string of the molecule is CC.CC1CCC(C2CCCC(N)C2)CC1. The molecule has 0 amide bonds. The van der Waals surface area contributed by atoms with Gasteiger partial charge in [-0.15, -0.1) is 0 Å². The Bertz CT molecular complexity index is 170. The first-order valence-electron chi connectivity index (χ1n) is 7.51. The molecule has 2 N–H and O–H groups in total. The smallest absolute Gasteiger partial charge is 0.00415 e. The molecule has 2 aliphatic carbocycles. The zero-order chi connectivity index (χ0) is 12.0. The summed E-state index contributed by atoms with van der Waals surface area (Å²) in [5, 5.41) is 0. The van der Waals surface area contributed by atoms with E-state index in [1.165, 1.54) is 51.4 Å². The Hall–Kier alpha value is -0.0400. The molecule has 0 spiro atoms. The third-order valence-electron chi connectivity index (χ3n) is 4.48. The van der Waals surface area contributed by atoms with E-state index in [0.717, 1.165) is 17.8 Å². The van der Waals surface area contributed by atoms with Crippen LogP contribution in [0, 0.1) is 17.8 Å². The van der Waals surface area contributed by atoms with Gasteiger partial charge in [-0.1, -0.05) is 46.5 Å². The van der Waals surface area contributed by atoms with Crippen molar-refractivity contribution < 1.29 is 0 Å². The molecule has 0 aliphatic heterocycles. The molecule has 2 rings (SSSR count). The van der Waals surface area contributed by atoms with Crippen molar-refractivity contribution in [2.24, 2.45) is 23.5 Å². The summed E-state index contributed by atoms with van der Waals surface area (Å²) in [5.41, 5.74) is 6.06. The highest BCUT2D eigenvalue weighted by Gasteiger charge is 2.29. The molecule has 2 fully saturated rings. The fraction of sp³-hybridized carbons (Fsp3) is 1.00. The second-order valence-corrected chi connectivity index (χ2v) is 5.71. The minimum Gasteiger partial charge on any atom is -0.328 e. The summed E-state index contributed by atoms with van der Waals surface area (Å²) < 4.78 is 0. The van der Waals surface area contributed by atoms with Crippen molar-refractivity contribution in [1.82, 2.24) is 0 Å². The minimum absolute atomic E-state index is 0.521. The summed E-state index contributed by atoms with van der Waals surface area (Å²) in [5.74, 6) is 2.99. The van der Waals surface area contributed by atoms with Gasteiger partial charge >= 0.3 is 0 Å². The van der Waals surface area contributed by atoms with E-state index in [4.69, 9.17) is 5.73 Å². The summed E-state index contributed by atoms with van der Waals surface area (Å²) in [6.07, 6.45) is 11.4. The summed E-state index contributed by atoms with van der Waals surface area (Å²) >= 11 is 0. The Labute approximate surface area is 102 Å². The zero-order valence-electron chi connectivity index (χ0n) is 11.5. The van der Waals surface area contributed by atoms with Crippen LogP contribution in [0.15, 0.2) is 0 Å². The molecule has 0 bridgehead atoms. The average Bonchev–Trinajstić information content (AvgIpc) is 2.32. The lowest BCUT2D eigenvalue weighted by Crippen LogP contribution is -2.32. The molecule has 0 saturated heterocycles. The molecule has 0 heterocycles. The van der Waals surface area contributed by atoms with Crippen molar-refractivity contribution in [3.63, 3.8) is 0 Å². The molecule has 2 atom stereocenters. The third-order valence-corrected chi connectivity index (χ3v) is 4.48. The summed E-state index contributed by atoms with van der Waals surface area (Å²) in [7, 11) is 0. The van der Waals surface area contributed by atoms with Gasteiger partial charge in [0.15, 0.2) is 0 Å². The topological polar surface area (TPSA) is 26.0 Å². The van der Waals surface area contributed by atoms with E-state index in [2.05, 4.69) is 6.92 Å².